The third-order valence-electron chi connectivity index (χ3n) is 7.84. The first-order valence-electron chi connectivity index (χ1n) is 16.3. The Morgan fingerprint density at radius 3 is 1.74 bits per heavy atom. The van der Waals surface area contributed by atoms with E-state index in [1.807, 2.05) is 0 Å². The number of hydrogen-bond acceptors (Lipinski definition) is 13. The molecular weight excluding hydrogens is 668 g/mol. The molecule has 0 aromatic heterocycles. The third-order valence-corrected chi connectivity index (χ3v) is 9.33. The van der Waals surface area contributed by atoms with E-state index in [-0.39, 0.29) is 36.9 Å². The minimum Gasteiger partial charge on any atom is -0.463 e. The predicted molar refractivity (Wildman–Crippen MR) is 180 cm³/mol. The van der Waals surface area contributed by atoms with Crippen molar-refractivity contribution < 1.29 is 57.4 Å². The maximum absolute atomic E-state index is 13.5. The van der Waals surface area contributed by atoms with E-state index in [2.05, 4.69) is 0 Å². The fraction of sp³-hybridized carbons (Fsp3) is 0.405. The summed E-state index contributed by atoms with van der Waals surface area (Å²) < 4.78 is 41.2. The average molecular weight is 709 g/mol. The van der Waals surface area contributed by atoms with Gasteiger partial charge in [-0.2, -0.15) is 0 Å². The molecule has 0 radical (unpaired) electrons. The Labute approximate surface area is 294 Å². The fourth-order valence-corrected chi connectivity index (χ4v) is 7.00. The van der Waals surface area contributed by atoms with E-state index in [0.717, 1.165) is 11.8 Å². The van der Waals surface area contributed by atoms with E-state index in [0.29, 0.717) is 5.56 Å². The third kappa shape index (κ3) is 9.92. The SMILES string of the molecule is CC(=O)OC[C@H]1O[C@H](OC(C)C)[C@H](O)C[C@H]1S[C@H]1O[C@H](COC(=O)c2ccccc2)[C@@H](OC(=O)c2ccccc2)[C@H]1OC(=O)c1ccccc1. The molecule has 0 aliphatic carbocycles. The molecule has 50 heavy (non-hydrogen) atoms. The number of esters is 4. The quantitative estimate of drug-likeness (QED) is 0.195. The van der Waals surface area contributed by atoms with E-state index in [4.69, 9.17) is 33.2 Å². The Balaban J connectivity index is 1.45. The highest BCUT2D eigenvalue weighted by atomic mass is 32.2. The van der Waals surface area contributed by atoms with Crippen LogP contribution in [0.5, 0.6) is 0 Å². The summed E-state index contributed by atoms with van der Waals surface area (Å²) in [6, 6.07) is 24.9. The monoisotopic (exact) mass is 708 g/mol. The number of carbonyl (C=O) groups is 4. The van der Waals surface area contributed by atoms with Crippen LogP contribution in [0, 0.1) is 0 Å². The van der Waals surface area contributed by atoms with Crippen molar-refractivity contribution in [1.29, 1.82) is 0 Å². The zero-order valence-corrected chi connectivity index (χ0v) is 28.6. The van der Waals surface area contributed by atoms with Gasteiger partial charge in [-0.15, -0.1) is 11.8 Å². The zero-order valence-electron chi connectivity index (χ0n) is 27.8. The molecule has 2 fully saturated rings. The van der Waals surface area contributed by atoms with Gasteiger partial charge in [0.1, 0.15) is 37.0 Å². The Morgan fingerprint density at radius 1 is 0.720 bits per heavy atom. The Hall–Kier alpha value is -4.27. The number of aliphatic hydroxyl groups is 1. The maximum Gasteiger partial charge on any atom is 0.338 e. The van der Waals surface area contributed by atoms with Crippen molar-refractivity contribution >= 4 is 35.6 Å². The molecule has 2 aliphatic heterocycles. The number of carbonyl (C=O) groups excluding carboxylic acids is 4. The summed E-state index contributed by atoms with van der Waals surface area (Å²) in [4.78, 5) is 51.6. The van der Waals surface area contributed by atoms with Crippen LogP contribution in [0.3, 0.4) is 0 Å². The summed E-state index contributed by atoms with van der Waals surface area (Å²) in [5, 5.41) is 10.4. The molecule has 3 aromatic carbocycles. The van der Waals surface area contributed by atoms with Crippen molar-refractivity contribution in [1.82, 2.24) is 0 Å². The van der Waals surface area contributed by atoms with Gasteiger partial charge in [0, 0.05) is 12.2 Å². The van der Waals surface area contributed by atoms with Crippen LogP contribution < -0.4 is 0 Å². The van der Waals surface area contributed by atoms with Crippen molar-refractivity contribution in [3.63, 3.8) is 0 Å². The van der Waals surface area contributed by atoms with Crippen LogP contribution >= 0.6 is 11.8 Å². The molecule has 0 amide bonds. The first-order valence-corrected chi connectivity index (χ1v) is 17.2. The van der Waals surface area contributed by atoms with Gasteiger partial charge in [0.2, 0.25) is 0 Å². The Kier molecular flexibility index (Phi) is 13.0. The number of thioether (sulfide) groups is 1. The topological polar surface area (TPSA) is 153 Å². The molecule has 0 spiro atoms. The predicted octanol–water partition coefficient (Wildman–Crippen LogP) is 4.59. The summed E-state index contributed by atoms with van der Waals surface area (Å²) in [6.45, 7) is 4.38. The van der Waals surface area contributed by atoms with Crippen LogP contribution in [0.15, 0.2) is 91.0 Å². The van der Waals surface area contributed by atoms with Crippen LogP contribution in [0.1, 0.15) is 58.3 Å². The number of hydrogen-bond donors (Lipinski definition) is 1. The molecule has 12 nitrogen and oxygen atoms in total. The zero-order chi connectivity index (χ0) is 35.6. The van der Waals surface area contributed by atoms with Crippen LogP contribution in [0.2, 0.25) is 0 Å². The van der Waals surface area contributed by atoms with Gasteiger partial charge in [0.15, 0.2) is 18.5 Å². The Bertz CT molecular complexity index is 1570. The molecule has 0 bridgehead atoms. The second-order valence-electron chi connectivity index (χ2n) is 12.0. The minimum absolute atomic E-state index is 0.134. The Morgan fingerprint density at radius 2 is 1.22 bits per heavy atom. The largest absolute Gasteiger partial charge is 0.463 e. The fourth-order valence-electron chi connectivity index (χ4n) is 5.45. The molecule has 5 rings (SSSR count). The molecule has 2 saturated heterocycles. The second-order valence-corrected chi connectivity index (χ2v) is 13.3. The van der Waals surface area contributed by atoms with Crippen LogP contribution in [-0.4, -0.2) is 95.8 Å². The molecule has 0 unspecified atom stereocenters. The van der Waals surface area contributed by atoms with Gasteiger partial charge in [-0.05, 0) is 56.7 Å². The van der Waals surface area contributed by atoms with Gasteiger partial charge >= 0.3 is 23.9 Å². The molecule has 2 heterocycles. The lowest BCUT2D eigenvalue weighted by atomic mass is 10.1. The summed E-state index contributed by atoms with van der Waals surface area (Å²) in [5.41, 5.74) is -0.208. The average Bonchev–Trinajstić information content (AvgIpc) is 3.42. The standard InChI is InChI=1S/C37H40O12S/c1-22(2)45-36-27(39)19-30(28(46-36)20-43-23(3)38)50-37-32(49-35(42)26-17-11-6-12-18-26)31(48-34(41)25-15-9-5-10-16-25)29(47-37)21-44-33(40)24-13-7-4-8-14-24/h4-18,22,27-32,36-37,39H,19-21H2,1-3H3/t27-,28-,29-,30-,31-,32-,36+,37-/m1/s1. The van der Waals surface area contributed by atoms with Crippen molar-refractivity contribution in [2.24, 2.45) is 0 Å². The van der Waals surface area contributed by atoms with Gasteiger partial charge in [-0.3, -0.25) is 4.79 Å². The number of aliphatic hydroxyl groups excluding tert-OH is 1. The first kappa shape index (κ1) is 37.0. The lowest BCUT2D eigenvalue weighted by Crippen LogP contribution is -2.50. The summed E-state index contributed by atoms with van der Waals surface area (Å²) in [5.74, 6) is -2.56. The van der Waals surface area contributed by atoms with Gasteiger partial charge in [-0.25, -0.2) is 14.4 Å². The normalized spacial score (nSPS) is 26.2. The van der Waals surface area contributed by atoms with E-state index in [9.17, 15) is 24.3 Å². The molecule has 3 aromatic rings. The number of ether oxygens (including phenoxy) is 7. The molecule has 2 aliphatic rings. The summed E-state index contributed by atoms with van der Waals surface area (Å²) in [7, 11) is 0. The molecule has 8 atom stereocenters. The van der Waals surface area contributed by atoms with E-state index in [1.165, 1.54) is 6.92 Å². The molecular formula is C37H40O12S. The summed E-state index contributed by atoms with van der Waals surface area (Å²) in [6.07, 6.45) is -6.42. The molecule has 13 heteroatoms. The molecule has 0 saturated carbocycles. The van der Waals surface area contributed by atoms with Gasteiger partial charge in [0.05, 0.1) is 22.8 Å². The number of benzene rings is 3. The maximum atomic E-state index is 13.5. The first-order chi connectivity index (χ1) is 24.1. The van der Waals surface area contributed by atoms with Gasteiger partial charge < -0.3 is 38.3 Å². The highest BCUT2D eigenvalue weighted by Crippen LogP contribution is 2.41. The minimum atomic E-state index is -1.23. The van der Waals surface area contributed by atoms with Crippen LogP contribution in [0.4, 0.5) is 0 Å². The van der Waals surface area contributed by atoms with Crippen LogP contribution in [0.25, 0.3) is 0 Å². The molecule has 266 valence electrons. The van der Waals surface area contributed by atoms with Gasteiger partial charge in [0.25, 0.3) is 0 Å². The van der Waals surface area contributed by atoms with E-state index >= 15 is 0 Å². The highest BCUT2D eigenvalue weighted by Gasteiger charge is 2.53. The smallest absolute Gasteiger partial charge is 0.338 e. The van der Waals surface area contributed by atoms with Crippen molar-refractivity contribution in [3.05, 3.63) is 108 Å². The molecule has 1 N–H and O–H groups in total. The van der Waals surface area contributed by atoms with Crippen molar-refractivity contribution in [3.8, 4) is 0 Å². The van der Waals surface area contributed by atoms with Crippen molar-refractivity contribution in [2.45, 2.75) is 80.8 Å². The van der Waals surface area contributed by atoms with Crippen LogP contribution in [-0.2, 0) is 38.0 Å². The van der Waals surface area contributed by atoms with Gasteiger partial charge in [-0.1, -0.05) is 54.6 Å². The van der Waals surface area contributed by atoms with E-state index in [1.54, 1.807) is 105 Å². The van der Waals surface area contributed by atoms with E-state index < -0.39 is 71.4 Å². The lowest BCUT2D eigenvalue weighted by Gasteiger charge is -2.40. The van der Waals surface area contributed by atoms with Crippen molar-refractivity contribution in [2.75, 3.05) is 13.2 Å². The second kappa shape index (κ2) is 17.6. The number of rotatable bonds is 13. The highest BCUT2D eigenvalue weighted by molar-refractivity contribution is 8.00. The lowest BCUT2D eigenvalue weighted by molar-refractivity contribution is -0.255. The summed E-state index contributed by atoms with van der Waals surface area (Å²) >= 11 is 1.16.